The zero-order valence-electron chi connectivity index (χ0n) is 15.8. The van der Waals surface area contributed by atoms with Crippen LogP contribution in [0.3, 0.4) is 0 Å². The standard InChI is InChI=1S/C9H12N4O4S.C8H8O2/c1-6-4-7(2)11-8(10-6)13(5-17-3)9(14)12-18(15)16;1-10-8(9)7-5-3-2-4-6-7/h4H,5H2,1-3H3;2-6H,1H3. The van der Waals surface area contributed by atoms with Crippen molar-refractivity contribution in [1.29, 1.82) is 0 Å². The van der Waals surface area contributed by atoms with Gasteiger partial charge in [0.15, 0.2) is 0 Å². The predicted molar refractivity (Wildman–Crippen MR) is 100 cm³/mol. The van der Waals surface area contributed by atoms with Crippen LogP contribution in [0.25, 0.3) is 0 Å². The van der Waals surface area contributed by atoms with Crippen LogP contribution in [0.15, 0.2) is 40.8 Å². The van der Waals surface area contributed by atoms with Gasteiger partial charge in [0.25, 0.3) is 0 Å². The highest BCUT2D eigenvalue weighted by Crippen LogP contribution is 2.11. The number of ether oxygens (including phenoxy) is 2. The minimum Gasteiger partial charge on any atom is -0.465 e. The first-order valence-electron chi connectivity index (χ1n) is 7.85. The molecule has 2 aromatic rings. The van der Waals surface area contributed by atoms with Crippen molar-refractivity contribution in [2.75, 3.05) is 25.9 Å². The van der Waals surface area contributed by atoms with Crippen LogP contribution in [0.5, 0.6) is 0 Å². The monoisotopic (exact) mass is 408 g/mol. The molecule has 28 heavy (non-hydrogen) atoms. The topological polar surface area (TPSA) is 128 Å². The van der Waals surface area contributed by atoms with Crippen molar-refractivity contribution in [1.82, 2.24) is 9.97 Å². The quantitative estimate of drug-likeness (QED) is 0.556. The number of carbonyl (C=O) groups is 2. The smallest absolute Gasteiger partial charge is 0.367 e. The van der Waals surface area contributed by atoms with Crippen molar-refractivity contribution < 1.29 is 27.5 Å². The summed E-state index contributed by atoms with van der Waals surface area (Å²) in [5.74, 6) is -0.242. The Labute approximate surface area is 163 Å². The number of hydrogen-bond donors (Lipinski definition) is 0. The number of nitrogens with zero attached hydrogens (tertiary/aromatic N) is 4. The fourth-order valence-corrected chi connectivity index (χ4v) is 2.19. The zero-order chi connectivity index (χ0) is 21.1. The molecule has 2 rings (SSSR count). The SMILES string of the molecule is COC(=O)c1ccccc1.COCN(C(=O)N=S(=O)=O)c1nc(C)cc(C)n1. The summed E-state index contributed by atoms with van der Waals surface area (Å²) in [7, 11) is -0.103. The maximum atomic E-state index is 11.6. The van der Waals surface area contributed by atoms with Crippen LogP contribution in [0.1, 0.15) is 21.7 Å². The van der Waals surface area contributed by atoms with Crippen LogP contribution in [0, 0.1) is 13.8 Å². The van der Waals surface area contributed by atoms with Crippen LogP contribution in [0.2, 0.25) is 0 Å². The molecule has 150 valence electrons. The minimum absolute atomic E-state index is 0.0496. The second-order valence-corrected chi connectivity index (χ2v) is 5.86. The van der Waals surface area contributed by atoms with E-state index < -0.39 is 16.5 Å². The molecule has 1 aromatic carbocycles. The number of carbonyl (C=O) groups excluding carboxylic acids is 2. The van der Waals surface area contributed by atoms with Gasteiger partial charge in [-0.3, -0.25) is 0 Å². The lowest BCUT2D eigenvalue weighted by Crippen LogP contribution is -2.32. The summed E-state index contributed by atoms with van der Waals surface area (Å²) in [6.07, 6.45) is 0. The van der Waals surface area contributed by atoms with E-state index in [-0.39, 0.29) is 18.6 Å². The predicted octanol–water partition coefficient (Wildman–Crippen LogP) is 2.16. The van der Waals surface area contributed by atoms with E-state index in [1.807, 2.05) is 6.07 Å². The van der Waals surface area contributed by atoms with Gasteiger partial charge in [-0.1, -0.05) is 22.6 Å². The van der Waals surface area contributed by atoms with Gasteiger partial charge in [0, 0.05) is 18.5 Å². The van der Waals surface area contributed by atoms with E-state index in [2.05, 4.69) is 19.1 Å². The first-order chi connectivity index (χ1) is 13.3. The average Bonchev–Trinajstić information content (AvgIpc) is 2.65. The molecule has 0 atom stereocenters. The molecule has 1 heterocycles. The van der Waals surface area contributed by atoms with Crippen LogP contribution in [0.4, 0.5) is 10.7 Å². The summed E-state index contributed by atoms with van der Waals surface area (Å²) < 4.78 is 33.0. The van der Waals surface area contributed by atoms with Crippen molar-refractivity contribution in [3.8, 4) is 0 Å². The normalized spacial score (nSPS) is 9.57. The molecule has 0 aliphatic heterocycles. The molecule has 10 nitrogen and oxygen atoms in total. The van der Waals surface area contributed by atoms with Gasteiger partial charge in [-0.2, -0.15) is 8.42 Å². The zero-order valence-corrected chi connectivity index (χ0v) is 16.6. The Morgan fingerprint density at radius 2 is 1.64 bits per heavy atom. The summed E-state index contributed by atoms with van der Waals surface area (Å²) in [5, 5.41) is 0. The molecule has 0 unspecified atom stereocenters. The third-order valence-electron chi connectivity index (χ3n) is 3.05. The summed E-state index contributed by atoms with van der Waals surface area (Å²) in [4.78, 5) is 31.4. The molecule has 0 saturated heterocycles. The van der Waals surface area contributed by atoms with Gasteiger partial charge in [-0.15, -0.1) is 0 Å². The van der Waals surface area contributed by atoms with E-state index in [4.69, 9.17) is 4.74 Å². The van der Waals surface area contributed by atoms with E-state index in [1.165, 1.54) is 14.2 Å². The van der Waals surface area contributed by atoms with Gasteiger partial charge in [-0.05, 0) is 32.0 Å². The minimum atomic E-state index is -2.83. The lowest BCUT2D eigenvalue weighted by Gasteiger charge is -2.16. The van der Waals surface area contributed by atoms with Crippen molar-refractivity contribution >= 4 is 28.4 Å². The molecule has 0 bridgehead atoms. The Kier molecular flexibility index (Phi) is 9.40. The number of amides is 2. The number of anilines is 1. The number of aromatic nitrogens is 2. The number of rotatable bonds is 4. The average molecular weight is 408 g/mol. The Balaban J connectivity index is 0.000000330. The van der Waals surface area contributed by atoms with Gasteiger partial charge in [0.1, 0.15) is 6.73 Å². The van der Waals surface area contributed by atoms with Crippen LogP contribution in [-0.4, -0.2) is 51.3 Å². The highest BCUT2D eigenvalue weighted by Gasteiger charge is 2.18. The van der Waals surface area contributed by atoms with Gasteiger partial charge in [0.2, 0.25) is 5.95 Å². The Hall–Kier alpha value is -3.18. The molecule has 0 spiro atoms. The molecule has 2 amide bonds. The molecule has 0 fully saturated rings. The van der Waals surface area contributed by atoms with E-state index in [1.54, 1.807) is 44.2 Å². The second-order valence-electron chi connectivity index (χ2n) is 5.25. The van der Waals surface area contributed by atoms with Crippen molar-refractivity contribution in [3.05, 3.63) is 53.3 Å². The number of urea groups is 1. The fourth-order valence-electron chi connectivity index (χ4n) is 1.96. The van der Waals surface area contributed by atoms with E-state index >= 15 is 0 Å². The molecule has 0 aliphatic rings. The number of aryl methyl sites for hydroxylation is 2. The van der Waals surface area contributed by atoms with Crippen molar-refractivity contribution in [2.45, 2.75) is 13.8 Å². The maximum absolute atomic E-state index is 11.6. The van der Waals surface area contributed by atoms with Crippen molar-refractivity contribution in [2.24, 2.45) is 4.36 Å². The molecule has 1 aromatic heterocycles. The van der Waals surface area contributed by atoms with Crippen LogP contribution in [-0.2, 0) is 20.0 Å². The summed E-state index contributed by atoms with van der Waals surface area (Å²) in [6.45, 7) is 3.27. The highest BCUT2D eigenvalue weighted by molar-refractivity contribution is 7.62. The number of methoxy groups -OCH3 is 2. The third-order valence-corrected chi connectivity index (χ3v) is 3.35. The molecule has 0 saturated carbocycles. The van der Waals surface area contributed by atoms with Gasteiger partial charge < -0.3 is 9.47 Å². The Bertz CT molecular complexity index is 919. The van der Waals surface area contributed by atoms with Gasteiger partial charge >= 0.3 is 22.5 Å². The first-order valence-corrected chi connectivity index (χ1v) is 8.88. The molecule has 0 radical (unpaired) electrons. The molecular weight excluding hydrogens is 388 g/mol. The fraction of sp³-hybridized carbons (Fsp3) is 0.294. The number of hydrogen-bond acceptors (Lipinski definition) is 8. The molecular formula is C17H20N4O6S. The second kappa shape index (κ2) is 11.5. The highest BCUT2D eigenvalue weighted by atomic mass is 32.2. The largest absolute Gasteiger partial charge is 0.465 e. The number of benzene rings is 1. The summed E-state index contributed by atoms with van der Waals surface area (Å²) >= 11 is 0. The van der Waals surface area contributed by atoms with Crippen LogP contribution >= 0.6 is 0 Å². The number of esters is 1. The third kappa shape index (κ3) is 7.60. The van der Waals surface area contributed by atoms with Gasteiger partial charge in [0.05, 0.1) is 12.7 Å². The molecule has 0 N–H and O–H groups in total. The van der Waals surface area contributed by atoms with E-state index in [0.29, 0.717) is 17.0 Å². The van der Waals surface area contributed by atoms with Crippen molar-refractivity contribution in [3.63, 3.8) is 0 Å². The Morgan fingerprint density at radius 3 is 2.11 bits per heavy atom. The maximum Gasteiger partial charge on any atom is 0.367 e. The molecule has 11 heteroatoms. The lowest BCUT2D eigenvalue weighted by molar-refractivity contribution is 0.0600. The first kappa shape index (κ1) is 22.9. The molecule has 0 aliphatic carbocycles. The van der Waals surface area contributed by atoms with E-state index in [0.717, 1.165) is 4.90 Å². The lowest BCUT2D eigenvalue weighted by atomic mass is 10.2. The summed E-state index contributed by atoms with van der Waals surface area (Å²) in [6, 6.07) is 9.60. The van der Waals surface area contributed by atoms with Crippen LogP contribution < -0.4 is 4.90 Å². The Morgan fingerprint density at radius 1 is 1.07 bits per heavy atom. The van der Waals surface area contributed by atoms with E-state index in [9.17, 15) is 18.0 Å². The summed E-state index contributed by atoms with van der Waals surface area (Å²) in [5.41, 5.74) is 1.88. The van der Waals surface area contributed by atoms with Gasteiger partial charge in [-0.25, -0.2) is 24.5 Å².